The topological polar surface area (TPSA) is 164 Å². The summed E-state index contributed by atoms with van der Waals surface area (Å²) in [5.74, 6) is -3.31. The van der Waals surface area contributed by atoms with Gasteiger partial charge in [0.15, 0.2) is 15.1 Å². The van der Waals surface area contributed by atoms with Crippen LogP contribution in [-0.4, -0.2) is 68.1 Å². The Kier molecular flexibility index (Phi) is 8.15. The molecule has 17 heteroatoms. The van der Waals surface area contributed by atoms with Gasteiger partial charge in [-0.25, -0.2) is 36.0 Å². The van der Waals surface area contributed by atoms with Crippen molar-refractivity contribution in [2.24, 2.45) is 0 Å². The number of alkyl halides is 2. The van der Waals surface area contributed by atoms with Gasteiger partial charge in [-0.2, -0.15) is 4.83 Å². The molecule has 2 aromatic carbocycles. The lowest BCUT2D eigenvalue weighted by molar-refractivity contribution is -0.0494. The summed E-state index contributed by atoms with van der Waals surface area (Å²) in [6, 6.07) is 12.2. The second-order valence-electron chi connectivity index (χ2n) is 9.43. The Bertz CT molecular complexity index is 1770. The standard InChI is InChI=1S/C24H24F2N6O6S3/c1-41(36,37)20(21-30-29-19(38-21)13-27-31-40(34)35)22-28-17-6-5-15(12-18(17)39-22)14-3-2-4-16(11-14)23(33)32-9-7-24(25,26)8-10-32/h2-6,11-12,20,27,40H,7-10,13H2,1H3,(H,31,34,35). The summed E-state index contributed by atoms with van der Waals surface area (Å²) < 4.78 is 79.9. The van der Waals surface area contributed by atoms with Gasteiger partial charge in [0.2, 0.25) is 22.7 Å². The zero-order chi connectivity index (χ0) is 29.4. The van der Waals surface area contributed by atoms with Crippen molar-refractivity contribution >= 4 is 48.2 Å². The molecule has 4 aromatic rings. The highest BCUT2D eigenvalue weighted by Gasteiger charge is 2.36. The lowest BCUT2D eigenvalue weighted by Crippen LogP contribution is -2.42. The van der Waals surface area contributed by atoms with E-state index in [9.17, 15) is 30.4 Å². The first-order valence-corrected chi connectivity index (χ1v) is 16.2. The largest absolute Gasteiger partial charge is 0.422 e. The number of piperidine rings is 1. The lowest BCUT2D eigenvalue weighted by Gasteiger charge is -2.31. The number of hydrazine groups is 1. The van der Waals surface area contributed by atoms with E-state index in [2.05, 4.69) is 20.6 Å². The van der Waals surface area contributed by atoms with E-state index < -0.39 is 31.9 Å². The number of amides is 1. The number of carbonyl (C=O) groups excluding carboxylic acids is 1. The number of halogens is 2. The Morgan fingerprint density at radius 1 is 1.15 bits per heavy atom. The zero-order valence-electron chi connectivity index (χ0n) is 21.4. The van der Waals surface area contributed by atoms with Crippen LogP contribution in [0.4, 0.5) is 8.78 Å². The number of carbonyl (C=O) groups is 1. The molecule has 41 heavy (non-hydrogen) atoms. The van der Waals surface area contributed by atoms with Crippen molar-refractivity contribution < 1.29 is 34.8 Å². The number of fused-ring (bicyclic) bond motifs is 1. The van der Waals surface area contributed by atoms with Crippen LogP contribution >= 0.6 is 11.3 Å². The van der Waals surface area contributed by atoms with E-state index in [4.69, 9.17) is 4.42 Å². The fourth-order valence-electron chi connectivity index (χ4n) is 4.38. The van der Waals surface area contributed by atoms with Gasteiger partial charge in [-0.05, 0) is 35.4 Å². The number of thiol groups is 1. The summed E-state index contributed by atoms with van der Waals surface area (Å²) in [6.45, 7) is -0.186. The molecular weight excluding hydrogens is 602 g/mol. The number of likely N-dealkylation sites (tertiary alicyclic amines) is 1. The molecule has 1 fully saturated rings. The van der Waals surface area contributed by atoms with Gasteiger partial charge in [-0.1, -0.05) is 18.2 Å². The Hall–Kier alpha value is -3.38. The van der Waals surface area contributed by atoms with Crippen molar-refractivity contribution in [2.75, 3.05) is 19.3 Å². The average Bonchev–Trinajstić information content (AvgIpc) is 3.54. The van der Waals surface area contributed by atoms with E-state index >= 15 is 0 Å². The summed E-state index contributed by atoms with van der Waals surface area (Å²) in [5.41, 5.74) is 4.74. The quantitative estimate of drug-likeness (QED) is 0.186. The summed E-state index contributed by atoms with van der Waals surface area (Å²) in [6.07, 6.45) is 0.299. The Labute approximate surface area is 238 Å². The fourth-order valence-corrected chi connectivity index (χ4v) is 7.12. The summed E-state index contributed by atoms with van der Waals surface area (Å²) in [4.78, 5) is 20.8. The smallest absolute Gasteiger partial charge is 0.253 e. The summed E-state index contributed by atoms with van der Waals surface area (Å²) in [7, 11) is -6.70. The molecule has 1 aliphatic rings. The molecule has 2 aromatic heterocycles. The molecule has 1 saturated heterocycles. The van der Waals surface area contributed by atoms with Gasteiger partial charge in [-0.15, -0.1) is 21.5 Å². The number of sulfone groups is 1. The second-order valence-corrected chi connectivity index (χ2v) is 13.4. The van der Waals surface area contributed by atoms with Gasteiger partial charge in [0.1, 0.15) is 5.01 Å². The molecule has 1 atom stereocenters. The Morgan fingerprint density at radius 2 is 1.88 bits per heavy atom. The molecule has 1 unspecified atom stereocenters. The molecular formula is C24H24F2N6O6S3. The predicted molar refractivity (Wildman–Crippen MR) is 146 cm³/mol. The summed E-state index contributed by atoms with van der Waals surface area (Å²) in [5, 5.41) is 6.47. The fraction of sp³-hybridized carbons (Fsp3) is 0.333. The van der Waals surface area contributed by atoms with Crippen molar-refractivity contribution in [3.63, 3.8) is 0 Å². The number of nitrogens with zero attached hydrogens (tertiary/aromatic N) is 4. The predicted octanol–water partition coefficient (Wildman–Crippen LogP) is 2.47. The number of hydrogen-bond acceptors (Lipinski definition) is 11. The third-order valence-corrected chi connectivity index (χ3v) is 9.25. The number of rotatable bonds is 9. The minimum Gasteiger partial charge on any atom is -0.422 e. The molecule has 1 aliphatic heterocycles. The first kappa shape index (κ1) is 29.1. The maximum atomic E-state index is 13.5. The first-order chi connectivity index (χ1) is 19.4. The van der Waals surface area contributed by atoms with Crippen LogP contribution in [0.15, 0.2) is 46.9 Å². The second kappa shape index (κ2) is 11.5. The van der Waals surface area contributed by atoms with Crippen LogP contribution in [0.5, 0.6) is 0 Å². The van der Waals surface area contributed by atoms with Crippen molar-refractivity contribution in [1.82, 2.24) is 30.3 Å². The number of hydrogen-bond donors (Lipinski definition) is 3. The number of thiazole rings is 1. The van der Waals surface area contributed by atoms with Crippen LogP contribution in [0, 0.1) is 0 Å². The van der Waals surface area contributed by atoms with Crippen LogP contribution in [0.1, 0.15) is 45.2 Å². The highest BCUT2D eigenvalue weighted by atomic mass is 32.2. The molecule has 12 nitrogen and oxygen atoms in total. The number of nitrogens with one attached hydrogen (secondary N) is 2. The molecule has 5 rings (SSSR count). The molecule has 0 saturated carbocycles. The van der Waals surface area contributed by atoms with E-state index in [0.29, 0.717) is 15.8 Å². The monoisotopic (exact) mass is 626 g/mol. The minimum absolute atomic E-state index is 0.0103. The van der Waals surface area contributed by atoms with Gasteiger partial charge in [0, 0.05) is 37.8 Å². The van der Waals surface area contributed by atoms with Crippen LogP contribution in [0.3, 0.4) is 0 Å². The van der Waals surface area contributed by atoms with Crippen LogP contribution in [-0.2, 0) is 27.3 Å². The Balaban J connectivity index is 1.40. The first-order valence-electron chi connectivity index (χ1n) is 12.2. The summed E-state index contributed by atoms with van der Waals surface area (Å²) >= 11 is 1.13. The van der Waals surface area contributed by atoms with E-state index in [1.165, 1.54) is 4.90 Å². The maximum absolute atomic E-state index is 13.5. The van der Waals surface area contributed by atoms with Crippen molar-refractivity contribution in [3.8, 4) is 11.1 Å². The zero-order valence-corrected chi connectivity index (χ0v) is 23.9. The third kappa shape index (κ3) is 6.75. The molecule has 1 amide bonds. The molecule has 2 N–H and O–H groups in total. The molecule has 0 spiro atoms. The molecule has 3 heterocycles. The maximum Gasteiger partial charge on any atom is 0.253 e. The third-order valence-electron chi connectivity index (χ3n) is 6.40. The lowest BCUT2D eigenvalue weighted by atomic mass is 10.0. The number of aromatic nitrogens is 3. The van der Waals surface area contributed by atoms with Crippen molar-refractivity contribution in [2.45, 2.75) is 30.6 Å². The molecule has 0 radical (unpaired) electrons. The highest BCUT2D eigenvalue weighted by molar-refractivity contribution is 7.91. The van der Waals surface area contributed by atoms with Gasteiger partial charge in [0.25, 0.3) is 11.8 Å². The van der Waals surface area contributed by atoms with E-state index in [0.717, 1.165) is 28.7 Å². The molecule has 0 bridgehead atoms. The minimum atomic E-state index is -3.81. The van der Waals surface area contributed by atoms with Gasteiger partial charge in [0.05, 0.1) is 16.8 Å². The van der Waals surface area contributed by atoms with Crippen LogP contribution in [0.25, 0.3) is 21.3 Å². The van der Waals surface area contributed by atoms with Crippen LogP contribution < -0.4 is 10.3 Å². The van der Waals surface area contributed by atoms with E-state index in [-0.39, 0.29) is 55.2 Å². The highest BCUT2D eigenvalue weighted by Crippen LogP contribution is 2.36. The number of benzene rings is 2. The van der Waals surface area contributed by atoms with Gasteiger partial charge < -0.3 is 9.32 Å². The van der Waals surface area contributed by atoms with Crippen molar-refractivity contribution in [1.29, 1.82) is 0 Å². The molecule has 218 valence electrons. The van der Waals surface area contributed by atoms with Gasteiger partial charge >= 0.3 is 0 Å². The van der Waals surface area contributed by atoms with E-state index in [1.807, 2.05) is 17.0 Å². The average molecular weight is 627 g/mol. The van der Waals surface area contributed by atoms with E-state index in [1.54, 1.807) is 30.3 Å². The molecule has 0 aliphatic carbocycles. The normalized spacial score (nSPS) is 16.3. The Morgan fingerprint density at radius 3 is 2.59 bits per heavy atom. The van der Waals surface area contributed by atoms with Crippen LogP contribution in [0.2, 0.25) is 0 Å². The van der Waals surface area contributed by atoms with Crippen molar-refractivity contribution in [3.05, 3.63) is 64.8 Å². The van der Waals surface area contributed by atoms with Gasteiger partial charge in [-0.3, -0.25) is 4.79 Å². The SMILES string of the molecule is CS(=O)(=O)C(c1nnc(CNN[SH](=O)=O)o1)c1nc2ccc(-c3cccc(C(=O)N4CCC(F)(F)CC4)c3)cc2s1.